The summed E-state index contributed by atoms with van der Waals surface area (Å²) >= 11 is 0. The normalized spacial score (nSPS) is 11.8. The Morgan fingerprint density at radius 3 is 1.44 bits per heavy atom. The molecule has 0 aliphatic carbocycles. The van der Waals surface area contributed by atoms with Gasteiger partial charge in [0.25, 0.3) is 0 Å². The summed E-state index contributed by atoms with van der Waals surface area (Å²) in [5.74, 6) is 1.76. The first-order chi connectivity index (χ1) is 33.7. The largest absolute Gasteiger partial charge is 0.307 e. The van der Waals surface area contributed by atoms with E-state index in [0.717, 1.165) is 66.3 Å². The average molecular weight is 866 g/mol. The Kier molecular flexibility index (Phi) is 8.52. The Balaban J connectivity index is 1.13. The standard InChI is InChI=1S/C63H39N5/c1-4-19-40(20-5-1)42-23-18-24-44(37-42)62-64-61(41-21-6-2-7-22-41)65-63(66-62)68-56-33-16-14-31-51(56)55-39-53(58-52-32-15-17-34-57(52)67(60(58)59(55)68)45-25-8-3-9-26-45)43-35-36-50-48-29-11-10-27-46(48)47-28-12-13-30-49(47)54(50)38-43/h1-39H. The summed E-state index contributed by atoms with van der Waals surface area (Å²) in [6, 6.07) is 84.6. The second kappa shape index (κ2) is 15.2. The molecule has 68 heavy (non-hydrogen) atoms. The first-order valence-corrected chi connectivity index (χ1v) is 23.1. The van der Waals surface area contributed by atoms with E-state index in [-0.39, 0.29) is 0 Å². The molecule has 5 heteroatoms. The third-order valence-electron chi connectivity index (χ3n) is 13.7. The van der Waals surface area contributed by atoms with Crippen molar-refractivity contribution in [2.45, 2.75) is 0 Å². The van der Waals surface area contributed by atoms with Gasteiger partial charge in [-0.05, 0) is 97.0 Å². The number of aromatic nitrogens is 5. The Bertz CT molecular complexity index is 4270. The topological polar surface area (TPSA) is 48.5 Å². The van der Waals surface area contributed by atoms with Gasteiger partial charge >= 0.3 is 0 Å². The molecule has 14 aromatic rings. The van der Waals surface area contributed by atoms with E-state index in [4.69, 9.17) is 15.0 Å². The number of nitrogens with zero attached hydrogens (tertiary/aromatic N) is 5. The molecule has 0 N–H and O–H groups in total. The minimum atomic E-state index is 0.549. The van der Waals surface area contributed by atoms with Gasteiger partial charge in [-0.2, -0.15) is 9.97 Å². The number of hydrogen-bond donors (Lipinski definition) is 0. The second-order valence-electron chi connectivity index (χ2n) is 17.5. The molecule has 0 saturated heterocycles. The molecule has 0 spiro atoms. The smallest absolute Gasteiger partial charge is 0.238 e. The summed E-state index contributed by atoms with van der Waals surface area (Å²) in [4.78, 5) is 16.1. The fraction of sp³-hybridized carbons (Fsp3) is 0. The van der Waals surface area contributed by atoms with Gasteiger partial charge in [0.2, 0.25) is 5.95 Å². The van der Waals surface area contributed by atoms with Gasteiger partial charge in [-0.3, -0.25) is 4.57 Å². The van der Waals surface area contributed by atoms with Gasteiger partial charge in [0.1, 0.15) is 0 Å². The van der Waals surface area contributed by atoms with Crippen molar-refractivity contribution in [2.24, 2.45) is 0 Å². The van der Waals surface area contributed by atoms with Crippen LogP contribution in [0.2, 0.25) is 0 Å². The van der Waals surface area contributed by atoms with Crippen LogP contribution in [0, 0.1) is 0 Å². The van der Waals surface area contributed by atoms with E-state index in [2.05, 4.69) is 221 Å². The summed E-state index contributed by atoms with van der Waals surface area (Å²) in [6.45, 7) is 0. The zero-order valence-electron chi connectivity index (χ0n) is 36.8. The van der Waals surface area contributed by atoms with Crippen LogP contribution in [-0.4, -0.2) is 24.1 Å². The number of fused-ring (bicyclic) bond motifs is 13. The minimum Gasteiger partial charge on any atom is -0.307 e. The summed E-state index contributed by atoms with van der Waals surface area (Å²) in [5, 5.41) is 12.1. The molecule has 11 aromatic carbocycles. The molecule has 0 atom stereocenters. The zero-order valence-corrected chi connectivity index (χ0v) is 36.8. The van der Waals surface area contributed by atoms with E-state index in [1.54, 1.807) is 0 Å². The van der Waals surface area contributed by atoms with Crippen molar-refractivity contribution >= 4 is 75.9 Å². The minimum absolute atomic E-state index is 0.549. The Hall–Kier alpha value is -9.19. The predicted molar refractivity (Wildman–Crippen MR) is 283 cm³/mol. The highest BCUT2D eigenvalue weighted by molar-refractivity contribution is 6.30. The Morgan fingerprint density at radius 2 is 0.765 bits per heavy atom. The molecular weight excluding hydrogens is 827 g/mol. The van der Waals surface area contributed by atoms with Crippen molar-refractivity contribution in [3.05, 3.63) is 237 Å². The number of para-hydroxylation sites is 3. The fourth-order valence-electron chi connectivity index (χ4n) is 10.7. The van der Waals surface area contributed by atoms with E-state index >= 15 is 0 Å². The lowest BCUT2D eigenvalue weighted by atomic mass is 9.90. The van der Waals surface area contributed by atoms with E-state index < -0.39 is 0 Å². The zero-order chi connectivity index (χ0) is 44.7. The van der Waals surface area contributed by atoms with E-state index in [1.165, 1.54) is 48.7 Å². The highest BCUT2D eigenvalue weighted by atomic mass is 15.2. The lowest BCUT2D eigenvalue weighted by Crippen LogP contribution is -2.07. The molecule has 3 heterocycles. The van der Waals surface area contributed by atoms with Crippen molar-refractivity contribution in [3.8, 4) is 56.7 Å². The van der Waals surface area contributed by atoms with Gasteiger partial charge in [-0.25, -0.2) is 4.98 Å². The van der Waals surface area contributed by atoms with Crippen LogP contribution in [0.1, 0.15) is 0 Å². The summed E-state index contributed by atoms with van der Waals surface area (Å²) in [5.41, 5.74) is 11.7. The Morgan fingerprint density at radius 1 is 0.265 bits per heavy atom. The van der Waals surface area contributed by atoms with E-state index in [9.17, 15) is 0 Å². The van der Waals surface area contributed by atoms with Gasteiger partial charge in [0.15, 0.2) is 11.6 Å². The van der Waals surface area contributed by atoms with Crippen LogP contribution < -0.4 is 0 Å². The lowest BCUT2D eigenvalue weighted by Gasteiger charge is -2.15. The first-order valence-electron chi connectivity index (χ1n) is 23.1. The molecule has 3 aromatic heterocycles. The highest BCUT2D eigenvalue weighted by Crippen LogP contribution is 2.47. The maximum absolute atomic E-state index is 5.47. The molecule has 0 aliphatic heterocycles. The molecule has 0 amide bonds. The molecule has 0 bridgehead atoms. The van der Waals surface area contributed by atoms with Gasteiger partial charge in [0, 0.05) is 38.4 Å². The van der Waals surface area contributed by atoms with Crippen molar-refractivity contribution in [3.63, 3.8) is 0 Å². The molecular formula is C63H39N5. The molecule has 14 rings (SSSR count). The first kappa shape index (κ1) is 38.1. The van der Waals surface area contributed by atoms with Gasteiger partial charge in [0.05, 0.1) is 22.1 Å². The van der Waals surface area contributed by atoms with Crippen molar-refractivity contribution < 1.29 is 0 Å². The third kappa shape index (κ3) is 5.86. The SMILES string of the molecule is c1ccc(-c2cccc(-c3nc(-c4ccccc4)nc(-n4c5ccccc5c5cc(-c6ccc7c8ccccc8c8ccccc8c7c6)c6c7ccccc7n(-c7ccccc7)c6c54)n3)c2)cc1. The van der Waals surface area contributed by atoms with Crippen LogP contribution in [0.15, 0.2) is 237 Å². The maximum Gasteiger partial charge on any atom is 0.238 e. The van der Waals surface area contributed by atoms with Crippen molar-refractivity contribution in [1.82, 2.24) is 24.1 Å². The quantitative estimate of drug-likeness (QED) is 0.156. The van der Waals surface area contributed by atoms with Crippen molar-refractivity contribution in [2.75, 3.05) is 0 Å². The van der Waals surface area contributed by atoms with Crippen LogP contribution >= 0.6 is 0 Å². The molecule has 316 valence electrons. The summed E-state index contributed by atoms with van der Waals surface area (Å²) in [6.07, 6.45) is 0. The van der Waals surface area contributed by atoms with Gasteiger partial charge in [-0.15, -0.1) is 0 Å². The third-order valence-corrected chi connectivity index (χ3v) is 13.7. The molecule has 0 unspecified atom stereocenters. The maximum atomic E-state index is 5.47. The fourth-order valence-corrected chi connectivity index (χ4v) is 10.7. The average Bonchev–Trinajstić information content (AvgIpc) is 3.95. The molecule has 0 aliphatic rings. The monoisotopic (exact) mass is 865 g/mol. The van der Waals surface area contributed by atoms with Crippen LogP contribution in [0.4, 0.5) is 0 Å². The van der Waals surface area contributed by atoms with E-state index in [1.807, 2.05) is 24.3 Å². The molecule has 0 radical (unpaired) electrons. The van der Waals surface area contributed by atoms with Crippen molar-refractivity contribution in [1.29, 1.82) is 0 Å². The lowest BCUT2D eigenvalue weighted by molar-refractivity contribution is 0.953. The number of hydrogen-bond acceptors (Lipinski definition) is 3. The van der Waals surface area contributed by atoms with E-state index in [0.29, 0.717) is 17.6 Å². The van der Waals surface area contributed by atoms with Crippen LogP contribution in [0.3, 0.4) is 0 Å². The number of benzene rings is 11. The van der Waals surface area contributed by atoms with Crippen LogP contribution in [-0.2, 0) is 0 Å². The van der Waals surface area contributed by atoms with Gasteiger partial charge in [-0.1, -0.05) is 194 Å². The Labute approximate surface area is 391 Å². The summed E-state index contributed by atoms with van der Waals surface area (Å²) < 4.78 is 4.73. The molecule has 0 saturated carbocycles. The molecule has 5 nitrogen and oxygen atoms in total. The van der Waals surface area contributed by atoms with Gasteiger partial charge < -0.3 is 4.57 Å². The van der Waals surface area contributed by atoms with Crippen LogP contribution in [0.25, 0.3) is 133 Å². The second-order valence-corrected chi connectivity index (χ2v) is 17.5. The molecule has 0 fully saturated rings. The predicted octanol–water partition coefficient (Wildman–Crippen LogP) is 16.2. The summed E-state index contributed by atoms with van der Waals surface area (Å²) in [7, 11) is 0. The number of rotatable bonds is 6. The van der Waals surface area contributed by atoms with Crippen LogP contribution in [0.5, 0.6) is 0 Å². The highest BCUT2D eigenvalue weighted by Gasteiger charge is 2.26.